The van der Waals surface area contributed by atoms with E-state index in [9.17, 15) is 18.3 Å². The number of nitrogens with one attached hydrogen (secondary N) is 2. The van der Waals surface area contributed by atoms with E-state index in [1.54, 1.807) is 12.1 Å². The van der Waals surface area contributed by atoms with Crippen LogP contribution in [-0.2, 0) is 14.8 Å². The largest absolute Gasteiger partial charge is 0.506 e. The number of phenolic OH excluding ortho intramolecular Hbond substituents is 1. The van der Waals surface area contributed by atoms with Crippen molar-refractivity contribution in [2.75, 3.05) is 11.9 Å². The molecule has 116 valence electrons. The van der Waals surface area contributed by atoms with E-state index in [4.69, 9.17) is 11.6 Å². The summed E-state index contributed by atoms with van der Waals surface area (Å²) in [6.45, 7) is -0.459. The lowest BCUT2D eigenvalue weighted by atomic mass is 10.3. The summed E-state index contributed by atoms with van der Waals surface area (Å²) >= 11 is 5.69. The van der Waals surface area contributed by atoms with Gasteiger partial charge in [0.25, 0.3) is 0 Å². The maximum Gasteiger partial charge on any atom is 0.241 e. The molecule has 0 fully saturated rings. The molecule has 0 spiro atoms. The van der Waals surface area contributed by atoms with Crippen LogP contribution in [0.1, 0.15) is 0 Å². The molecule has 2 rings (SSSR count). The van der Waals surface area contributed by atoms with E-state index >= 15 is 0 Å². The molecule has 0 radical (unpaired) electrons. The van der Waals surface area contributed by atoms with Gasteiger partial charge in [-0.3, -0.25) is 4.79 Å². The number of hydrogen-bond donors (Lipinski definition) is 3. The van der Waals surface area contributed by atoms with Crippen molar-refractivity contribution >= 4 is 33.2 Å². The first-order valence-electron chi connectivity index (χ1n) is 6.21. The predicted molar refractivity (Wildman–Crippen MR) is 83.4 cm³/mol. The minimum absolute atomic E-state index is 0.00672. The number of carbonyl (C=O) groups excluding carboxylic acids is 1. The molecule has 0 saturated carbocycles. The Labute approximate surface area is 132 Å². The molecule has 3 N–H and O–H groups in total. The summed E-state index contributed by atoms with van der Waals surface area (Å²) < 4.78 is 26.1. The maximum atomic E-state index is 12.0. The Hall–Kier alpha value is -2.09. The molecule has 8 heteroatoms. The fourth-order valence-electron chi connectivity index (χ4n) is 1.63. The number of amides is 1. The second kappa shape index (κ2) is 6.78. The lowest BCUT2D eigenvalue weighted by Gasteiger charge is -2.09. The van der Waals surface area contributed by atoms with Crippen LogP contribution < -0.4 is 10.0 Å². The second-order valence-electron chi connectivity index (χ2n) is 4.34. The molecule has 6 nitrogen and oxygen atoms in total. The molecule has 22 heavy (non-hydrogen) atoms. The molecule has 0 heterocycles. The Morgan fingerprint density at radius 3 is 2.36 bits per heavy atom. The third-order valence-corrected chi connectivity index (χ3v) is 4.39. The number of carbonyl (C=O) groups is 1. The van der Waals surface area contributed by atoms with Crippen molar-refractivity contribution in [2.45, 2.75) is 4.90 Å². The Morgan fingerprint density at radius 1 is 1.09 bits per heavy atom. The fraction of sp³-hybridized carbons (Fsp3) is 0.0714. The zero-order valence-electron chi connectivity index (χ0n) is 11.3. The molecule has 1 amide bonds. The summed E-state index contributed by atoms with van der Waals surface area (Å²) in [5.74, 6) is -0.699. The molecule has 2 aromatic rings. The summed E-state index contributed by atoms with van der Waals surface area (Å²) in [5, 5.41) is 12.3. The van der Waals surface area contributed by atoms with E-state index in [0.717, 1.165) is 0 Å². The topological polar surface area (TPSA) is 95.5 Å². The molecule has 0 saturated heterocycles. The lowest BCUT2D eigenvalue weighted by molar-refractivity contribution is -0.115. The minimum atomic E-state index is -3.81. The Morgan fingerprint density at radius 2 is 1.73 bits per heavy atom. The first-order valence-corrected chi connectivity index (χ1v) is 8.08. The molecular weight excluding hydrogens is 328 g/mol. The normalized spacial score (nSPS) is 11.1. The van der Waals surface area contributed by atoms with Gasteiger partial charge in [-0.25, -0.2) is 13.1 Å². The van der Waals surface area contributed by atoms with Crippen LogP contribution in [0.3, 0.4) is 0 Å². The van der Waals surface area contributed by atoms with Crippen molar-refractivity contribution in [3.05, 3.63) is 53.6 Å². The SMILES string of the molecule is O=C(CNS(=O)(=O)c1ccc(Cl)cc1)Nc1ccccc1O. The molecule has 2 aromatic carbocycles. The van der Waals surface area contributed by atoms with Crippen LogP contribution in [0.4, 0.5) is 5.69 Å². The monoisotopic (exact) mass is 340 g/mol. The van der Waals surface area contributed by atoms with Gasteiger partial charge in [0.1, 0.15) is 5.75 Å². The fourth-order valence-corrected chi connectivity index (χ4v) is 2.74. The highest BCUT2D eigenvalue weighted by atomic mass is 35.5. The van der Waals surface area contributed by atoms with Crippen LogP contribution in [0.5, 0.6) is 5.75 Å². The van der Waals surface area contributed by atoms with Gasteiger partial charge >= 0.3 is 0 Å². The first-order chi connectivity index (χ1) is 10.4. The molecule has 0 bridgehead atoms. The zero-order chi connectivity index (χ0) is 16.2. The van der Waals surface area contributed by atoms with Crippen LogP contribution in [0.2, 0.25) is 5.02 Å². The number of phenols is 1. The van der Waals surface area contributed by atoms with Gasteiger partial charge in [0.2, 0.25) is 15.9 Å². The van der Waals surface area contributed by atoms with Gasteiger partial charge in [0, 0.05) is 5.02 Å². The van der Waals surface area contributed by atoms with E-state index in [-0.39, 0.29) is 16.3 Å². The van der Waals surface area contributed by atoms with E-state index in [2.05, 4.69) is 10.0 Å². The average Bonchev–Trinajstić information content (AvgIpc) is 2.48. The molecule has 0 aromatic heterocycles. The zero-order valence-corrected chi connectivity index (χ0v) is 12.9. The van der Waals surface area contributed by atoms with Crippen LogP contribution in [0.25, 0.3) is 0 Å². The smallest absolute Gasteiger partial charge is 0.241 e. The van der Waals surface area contributed by atoms with Crippen molar-refractivity contribution in [3.63, 3.8) is 0 Å². The molecule has 0 aliphatic carbocycles. The minimum Gasteiger partial charge on any atom is -0.506 e. The number of rotatable bonds is 5. The van der Waals surface area contributed by atoms with Crippen molar-refractivity contribution in [2.24, 2.45) is 0 Å². The van der Waals surface area contributed by atoms with E-state index in [1.165, 1.54) is 36.4 Å². The Kier molecular flexibility index (Phi) is 5.02. The standard InChI is InChI=1S/C14H13ClN2O4S/c15-10-5-7-11(8-6-10)22(20,21)16-9-14(19)17-12-3-1-2-4-13(12)18/h1-8,16,18H,9H2,(H,17,19). The number of hydrogen-bond acceptors (Lipinski definition) is 4. The van der Waals surface area contributed by atoms with Crippen molar-refractivity contribution in [1.82, 2.24) is 4.72 Å². The van der Waals surface area contributed by atoms with Gasteiger partial charge < -0.3 is 10.4 Å². The highest BCUT2D eigenvalue weighted by Crippen LogP contribution is 2.21. The van der Waals surface area contributed by atoms with Crippen molar-refractivity contribution in [3.8, 4) is 5.75 Å². The number of sulfonamides is 1. The van der Waals surface area contributed by atoms with E-state index in [0.29, 0.717) is 5.02 Å². The summed E-state index contributed by atoms with van der Waals surface area (Å²) in [6.07, 6.45) is 0. The van der Waals surface area contributed by atoms with Crippen molar-refractivity contribution in [1.29, 1.82) is 0 Å². The number of anilines is 1. The van der Waals surface area contributed by atoms with Gasteiger partial charge in [0.05, 0.1) is 17.1 Å². The van der Waals surface area contributed by atoms with Gasteiger partial charge in [-0.15, -0.1) is 0 Å². The highest BCUT2D eigenvalue weighted by Gasteiger charge is 2.15. The maximum absolute atomic E-state index is 12.0. The van der Waals surface area contributed by atoms with E-state index < -0.39 is 22.5 Å². The second-order valence-corrected chi connectivity index (χ2v) is 6.55. The lowest BCUT2D eigenvalue weighted by Crippen LogP contribution is -2.32. The molecule has 0 unspecified atom stereocenters. The summed E-state index contributed by atoms with van der Waals surface area (Å²) in [7, 11) is -3.81. The quantitative estimate of drug-likeness (QED) is 0.725. The number of aromatic hydroxyl groups is 1. The molecule has 0 atom stereocenters. The van der Waals surface area contributed by atoms with E-state index in [1.807, 2.05) is 0 Å². The average molecular weight is 341 g/mol. The Bertz CT molecular complexity index is 776. The summed E-state index contributed by atoms with van der Waals surface area (Å²) in [5.41, 5.74) is 0.207. The number of halogens is 1. The van der Waals surface area contributed by atoms with Crippen molar-refractivity contribution < 1.29 is 18.3 Å². The van der Waals surface area contributed by atoms with Crippen LogP contribution in [-0.4, -0.2) is 26.0 Å². The van der Waals surface area contributed by atoms with Gasteiger partial charge in [-0.2, -0.15) is 0 Å². The van der Waals surface area contributed by atoms with Crippen LogP contribution in [0.15, 0.2) is 53.4 Å². The third-order valence-electron chi connectivity index (χ3n) is 2.72. The van der Waals surface area contributed by atoms with Crippen LogP contribution in [0, 0.1) is 0 Å². The van der Waals surface area contributed by atoms with Crippen LogP contribution >= 0.6 is 11.6 Å². The summed E-state index contributed by atoms with van der Waals surface area (Å²) in [6, 6.07) is 11.7. The van der Waals surface area contributed by atoms with Gasteiger partial charge in [-0.05, 0) is 36.4 Å². The highest BCUT2D eigenvalue weighted by molar-refractivity contribution is 7.89. The predicted octanol–water partition coefficient (Wildman–Crippen LogP) is 1.96. The summed E-state index contributed by atoms with van der Waals surface area (Å²) in [4.78, 5) is 11.7. The third kappa shape index (κ3) is 4.20. The molecule has 0 aliphatic heterocycles. The first kappa shape index (κ1) is 16.3. The van der Waals surface area contributed by atoms with Gasteiger partial charge in [0.15, 0.2) is 0 Å². The Balaban J connectivity index is 1.98. The number of benzene rings is 2. The van der Waals surface area contributed by atoms with Gasteiger partial charge in [-0.1, -0.05) is 23.7 Å². The molecule has 0 aliphatic rings. The molecular formula is C14H13ClN2O4S. The number of para-hydroxylation sites is 2.